The van der Waals surface area contributed by atoms with Crippen molar-refractivity contribution in [3.8, 4) is 0 Å². The van der Waals surface area contributed by atoms with Crippen LogP contribution in [0.5, 0.6) is 0 Å². The summed E-state index contributed by atoms with van der Waals surface area (Å²) in [4.78, 5) is 11.8. The van der Waals surface area contributed by atoms with Crippen LogP contribution in [-0.4, -0.2) is 17.7 Å². The van der Waals surface area contributed by atoms with Crippen LogP contribution in [0.4, 0.5) is 16.2 Å². The minimum absolute atomic E-state index is 0.425. The smallest absolute Gasteiger partial charge is 0.412 e. The molecule has 0 aromatic heterocycles. The molecule has 1 atom stereocenters. The summed E-state index contributed by atoms with van der Waals surface area (Å²) in [5, 5.41) is 6.25. The summed E-state index contributed by atoms with van der Waals surface area (Å²) in [6.45, 7) is 7.75. The van der Waals surface area contributed by atoms with E-state index in [9.17, 15) is 4.79 Å². The normalized spacial score (nSPS) is 16.2. The van der Waals surface area contributed by atoms with E-state index in [1.54, 1.807) is 0 Å². The van der Waals surface area contributed by atoms with Gasteiger partial charge in [0.2, 0.25) is 0 Å². The van der Waals surface area contributed by atoms with Crippen molar-refractivity contribution in [2.45, 2.75) is 58.6 Å². The Morgan fingerprint density at radius 2 is 2.00 bits per heavy atom. The maximum Gasteiger partial charge on any atom is 0.412 e. The molecule has 0 aliphatic heterocycles. The third-order valence-corrected chi connectivity index (χ3v) is 3.30. The lowest BCUT2D eigenvalue weighted by Gasteiger charge is -2.20. The predicted molar refractivity (Wildman–Crippen MR) is 86.7 cm³/mol. The third kappa shape index (κ3) is 6.06. The Hall–Kier alpha value is -1.71. The van der Waals surface area contributed by atoms with Crippen molar-refractivity contribution in [2.75, 3.05) is 10.6 Å². The number of ether oxygens (including phenoxy) is 1. The quantitative estimate of drug-likeness (QED) is 0.831. The molecule has 116 valence electrons. The van der Waals surface area contributed by atoms with Crippen LogP contribution in [0.25, 0.3) is 0 Å². The SMILES string of the molecule is CC(CC1CC1)Nc1cccc(NC(=O)OC(C)(C)C)c1. The number of carbonyl (C=O) groups excluding carboxylic acids is 1. The van der Waals surface area contributed by atoms with E-state index in [0.29, 0.717) is 6.04 Å². The van der Waals surface area contributed by atoms with Crippen LogP contribution in [0.1, 0.15) is 47.0 Å². The van der Waals surface area contributed by atoms with Gasteiger partial charge in [-0.25, -0.2) is 4.79 Å². The third-order valence-electron chi connectivity index (χ3n) is 3.30. The molecule has 0 bridgehead atoms. The second-order valence-corrected chi connectivity index (χ2v) is 6.93. The number of hydrogen-bond acceptors (Lipinski definition) is 3. The van der Waals surface area contributed by atoms with Crippen molar-refractivity contribution in [3.05, 3.63) is 24.3 Å². The monoisotopic (exact) mass is 290 g/mol. The van der Waals surface area contributed by atoms with Gasteiger partial charge in [0.05, 0.1) is 0 Å². The van der Waals surface area contributed by atoms with Gasteiger partial charge in [0, 0.05) is 17.4 Å². The second kappa shape index (κ2) is 6.37. The first kappa shape index (κ1) is 15.7. The van der Waals surface area contributed by atoms with Crippen LogP contribution in [0, 0.1) is 5.92 Å². The lowest BCUT2D eigenvalue weighted by molar-refractivity contribution is 0.0636. The van der Waals surface area contributed by atoms with Gasteiger partial charge in [0.15, 0.2) is 0 Å². The van der Waals surface area contributed by atoms with E-state index >= 15 is 0 Å². The Morgan fingerprint density at radius 1 is 1.33 bits per heavy atom. The fourth-order valence-electron chi connectivity index (χ4n) is 2.31. The zero-order valence-electron chi connectivity index (χ0n) is 13.4. The molecule has 2 N–H and O–H groups in total. The van der Waals surface area contributed by atoms with Crippen LogP contribution in [0.3, 0.4) is 0 Å². The molecule has 0 heterocycles. The van der Waals surface area contributed by atoms with Gasteiger partial charge >= 0.3 is 6.09 Å². The molecule has 2 rings (SSSR count). The van der Waals surface area contributed by atoms with Crippen LogP contribution >= 0.6 is 0 Å². The lowest BCUT2D eigenvalue weighted by Crippen LogP contribution is -2.27. The van der Waals surface area contributed by atoms with Gasteiger partial charge in [-0.15, -0.1) is 0 Å². The average molecular weight is 290 g/mol. The van der Waals surface area contributed by atoms with Crippen molar-refractivity contribution in [2.24, 2.45) is 5.92 Å². The molecule has 1 aliphatic rings. The Morgan fingerprint density at radius 3 is 2.62 bits per heavy atom. The van der Waals surface area contributed by atoms with Gasteiger partial charge in [-0.3, -0.25) is 5.32 Å². The fourth-order valence-corrected chi connectivity index (χ4v) is 2.31. The molecular formula is C17H26N2O2. The van der Waals surface area contributed by atoms with Gasteiger partial charge in [0.1, 0.15) is 5.60 Å². The van der Waals surface area contributed by atoms with Crippen LogP contribution in [-0.2, 0) is 4.74 Å². The molecule has 21 heavy (non-hydrogen) atoms. The highest BCUT2D eigenvalue weighted by molar-refractivity contribution is 5.85. The standard InChI is InChI=1S/C17H26N2O2/c1-12(10-13-8-9-13)18-14-6-5-7-15(11-14)19-16(20)21-17(2,3)4/h5-7,11-13,18H,8-10H2,1-4H3,(H,19,20). The molecule has 1 aliphatic carbocycles. The number of nitrogens with one attached hydrogen (secondary N) is 2. The van der Waals surface area contributed by atoms with Crippen LogP contribution < -0.4 is 10.6 Å². The summed E-state index contributed by atoms with van der Waals surface area (Å²) in [6, 6.07) is 8.20. The van der Waals surface area contributed by atoms with E-state index < -0.39 is 11.7 Å². The molecule has 1 saturated carbocycles. The Balaban J connectivity index is 1.89. The largest absolute Gasteiger partial charge is 0.444 e. The van der Waals surface area contributed by atoms with Crippen molar-refractivity contribution in [3.63, 3.8) is 0 Å². The molecule has 4 nitrogen and oxygen atoms in total. The van der Waals surface area contributed by atoms with E-state index in [1.807, 2.05) is 45.0 Å². The Kier molecular flexibility index (Phi) is 4.76. The van der Waals surface area contributed by atoms with E-state index in [4.69, 9.17) is 4.74 Å². The molecule has 1 fully saturated rings. The first-order valence-electron chi connectivity index (χ1n) is 7.68. The van der Waals surface area contributed by atoms with Crippen molar-refractivity contribution in [1.29, 1.82) is 0 Å². The van der Waals surface area contributed by atoms with Gasteiger partial charge < -0.3 is 10.1 Å². The van der Waals surface area contributed by atoms with E-state index in [1.165, 1.54) is 19.3 Å². The zero-order valence-corrected chi connectivity index (χ0v) is 13.4. The van der Waals surface area contributed by atoms with Gasteiger partial charge in [-0.05, 0) is 58.2 Å². The lowest BCUT2D eigenvalue weighted by atomic mass is 10.1. The van der Waals surface area contributed by atoms with Crippen molar-refractivity contribution in [1.82, 2.24) is 0 Å². The molecule has 4 heteroatoms. The Labute approximate surface area is 127 Å². The average Bonchev–Trinajstić information content (AvgIpc) is 3.10. The number of rotatable bonds is 5. The summed E-state index contributed by atoms with van der Waals surface area (Å²) in [7, 11) is 0. The highest BCUT2D eigenvalue weighted by atomic mass is 16.6. The number of hydrogen-bond donors (Lipinski definition) is 2. The summed E-state index contributed by atoms with van der Waals surface area (Å²) in [5.41, 5.74) is 1.28. The maximum atomic E-state index is 11.8. The van der Waals surface area contributed by atoms with E-state index in [-0.39, 0.29) is 0 Å². The topological polar surface area (TPSA) is 50.4 Å². The molecule has 1 aromatic carbocycles. The summed E-state index contributed by atoms with van der Waals surface area (Å²) < 4.78 is 5.25. The summed E-state index contributed by atoms with van der Waals surface area (Å²) in [5.74, 6) is 0.899. The highest BCUT2D eigenvalue weighted by Crippen LogP contribution is 2.34. The first-order chi connectivity index (χ1) is 9.82. The number of carbonyl (C=O) groups is 1. The molecular weight excluding hydrogens is 264 g/mol. The van der Waals surface area contributed by atoms with Crippen LogP contribution in [0.2, 0.25) is 0 Å². The first-order valence-corrected chi connectivity index (χ1v) is 7.68. The fraction of sp³-hybridized carbons (Fsp3) is 0.588. The van der Waals surface area contributed by atoms with E-state index in [0.717, 1.165) is 17.3 Å². The van der Waals surface area contributed by atoms with E-state index in [2.05, 4.69) is 17.6 Å². The van der Waals surface area contributed by atoms with Crippen LogP contribution in [0.15, 0.2) is 24.3 Å². The number of amides is 1. The van der Waals surface area contributed by atoms with Gasteiger partial charge in [0.25, 0.3) is 0 Å². The minimum Gasteiger partial charge on any atom is -0.444 e. The summed E-state index contributed by atoms with van der Waals surface area (Å²) >= 11 is 0. The molecule has 0 spiro atoms. The molecule has 0 saturated heterocycles. The van der Waals surface area contributed by atoms with Gasteiger partial charge in [-0.1, -0.05) is 18.9 Å². The molecule has 1 aromatic rings. The zero-order chi connectivity index (χ0) is 15.5. The summed E-state index contributed by atoms with van der Waals surface area (Å²) in [6.07, 6.45) is 3.52. The van der Waals surface area contributed by atoms with Crippen molar-refractivity contribution < 1.29 is 9.53 Å². The minimum atomic E-state index is -0.487. The Bertz CT molecular complexity index is 490. The van der Waals surface area contributed by atoms with Crippen molar-refractivity contribution >= 4 is 17.5 Å². The second-order valence-electron chi connectivity index (χ2n) is 6.93. The highest BCUT2D eigenvalue weighted by Gasteiger charge is 2.23. The maximum absolute atomic E-state index is 11.8. The molecule has 1 unspecified atom stereocenters. The predicted octanol–water partition coefficient (Wildman–Crippen LogP) is 4.63. The number of benzene rings is 1. The molecule has 1 amide bonds. The van der Waals surface area contributed by atoms with Gasteiger partial charge in [-0.2, -0.15) is 0 Å². The number of anilines is 2. The molecule has 0 radical (unpaired) electrons.